The highest BCUT2D eigenvalue weighted by molar-refractivity contribution is 5.87. The summed E-state index contributed by atoms with van der Waals surface area (Å²) in [5.41, 5.74) is 10.1. The molecule has 0 radical (unpaired) electrons. The molecule has 3 aromatic carbocycles. The van der Waals surface area contributed by atoms with E-state index in [0.717, 1.165) is 27.5 Å². The molecule has 1 atom stereocenters. The predicted molar refractivity (Wildman–Crippen MR) is 85.9 cm³/mol. The van der Waals surface area contributed by atoms with Gasteiger partial charge in [0.2, 0.25) is 0 Å². The van der Waals surface area contributed by atoms with Gasteiger partial charge in [0, 0.05) is 5.56 Å². The molecule has 0 fully saturated rings. The van der Waals surface area contributed by atoms with Crippen molar-refractivity contribution in [1.29, 1.82) is 0 Å². The van der Waals surface area contributed by atoms with Gasteiger partial charge in [0.05, 0.1) is 6.04 Å². The molecular weight excluding hydrogens is 261 g/mol. The van der Waals surface area contributed by atoms with Crippen LogP contribution in [-0.2, 0) is 0 Å². The zero-order valence-corrected chi connectivity index (χ0v) is 12.2. The lowest BCUT2D eigenvalue weighted by Crippen LogP contribution is -2.15. The molecule has 0 heterocycles. The second-order valence-corrected chi connectivity index (χ2v) is 5.52. The van der Waals surface area contributed by atoms with E-state index in [4.69, 9.17) is 5.73 Å². The van der Waals surface area contributed by atoms with Gasteiger partial charge >= 0.3 is 0 Å². The second-order valence-electron chi connectivity index (χ2n) is 5.52. The van der Waals surface area contributed by atoms with Crippen molar-refractivity contribution in [3.8, 4) is 0 Å². The Kier molecular flexibility index (Phi) is 3.48. The summed E-state index contributed by atoms with van der Waals surface area (Å²) in [6.07, 6.45) is 0. The fraction of sp³-hybridized carbons (Fsp3) is 0.158. The summed E-state index contributed by atoms with van der Waals surface area (Å²) < 4.78 is 14.2. The van der Waals surface area contributed by atoms with Crippen LogP contribution < -0.4 is 5.73 Å². The van der Waals surface area contributed by atoms with Gasteiger partial charge in [-0.1, -0.05) is 54.1 Å². The smallest absolute Gasteiger partial charge is 0.128 e. The summed E-state index contributed by atoms with van der Waals surface area (Å²) in [6.45, 7) is 3.97. The van der Waals surface area contributed by atoms with Gasteiger partial charge in [0.1, 0.15) is 5.82 Å². The van der Waals surface area contributed by atoms with Gasteiger partial charge in [0.15, 0.2) is 0 Å². The van der Waals surface area contributed by atoms with Crippen LogP contribution in [-0.4, -0.2) is 0 Å². The Morgan fingerprint density at radius 1 is 0.952 bits per heavy atom. The highest BCUT2D eigenvalue weighted by Gasteiger charge is 2.18. The Hall–Kier alpha value is -2.19. The van der Waals surface area contributed by atoms with Gasteiger partial charge in [-0.25, -0.2) is 4.39 Å². The van der Waals surface area contributed by atoms with Gasteiger partial charge in [-0.05, 0) is 41.8 Å². The Bertz CT molecular complexity index is 808. The summed E-state index contributed by atoms with van der Waals surface area (Å²) >= 11 is 0. The van der Waals surface area contributed by atoms with Crippen molar-refractivity contribution in [3.05, 3.63) is 82.7 Å². The molecule has 3 aromatic rings. The molecule has 0 spiro atoms. The molecule has 0 aliphatic rings. The zero-order chi connectivity index (χ0) is 15.0. The van der Waals surface area contributed by atoms with Crippen LogP contribution in [0.5, 0.6) is 0 Å². The minimum absolute atomic E-state index is 0.250. The average molecular weight is 279 g/mol. The van der Waals surface area contributed by atoms with Crippen LogP contribution >= 0.6 is 0 Å². The summed E-state index contributed by atoms with van der Waals surface area (Å²) in [7, 11) is 0. The van der Waals surface area contributed by atoms with Crippen molar-refractivity contribution in [1.82, 2.24) is 0 Å². The summed E-state index contributed by atoms with van der Waals surface area (Å²) in [6, 6.07) is 16.8. The maximum atomic E-state index is 14.2. The maximum Gasteiger partial charge on any atom is 0.128 e. The number of benzene rings is 3. The van der Waals surface area contributed by atoms with Crippen LogP contribution in [0, 0.1) is 19.7 Å². The first-order valence-corrected chi connectivity index (χ1v) is 7.08. The molecule has 0 amide bonds. The molecule has 0 aromatic heterocycles. The van der Waals surface area contributed by atoms with E-state index in [2.05, 4.69) is 12.1 Å². The van der Waals surface area contributed by atoms with E-state index in [-0.39, 0.29) is 5.82 Å². The fourth-order valence-corrected chi connectivity index (χ4v) is 2.87. The minimum atomic E-state index is -0.462. The van der Waals surface area contributed by atoms with Crippen molar-refractivity contribution in [3.63, 3.8) is 0 Å². The van der Waals surface area contributed by atoms with Gasteiger partial charge in [-0.15, -0.1) is 0 Å². The molecule has 0 saturated carbocycles. The quantitative estimate of drug-likeness (QED) is 0.726. The number of nitrogens with two attached hydrogens (primary N) is 1. The van der Waals surface area contributed by atoms with E-state index in [0.29, 0.717) is 5.56 Å². The average Bonchev–Trinajstić information content (AvgIpc) is 2.49. The molecule has 3 rings (SSSR count). The summed E-state index contributed by atoms with van der Waals surface area (Å²) in [4.78, 5) is 0. The number of halogens is 1. The van der Waals surface area contributed by atoms with E-state index in [1.165, 1.54) is 6.07 Å². The Labute approximate surface area is 124 Å². The van der Waals surface area contributed by atoms with Crippen molar-refractivity contribution in [2.75, 3.05) is 0 Å². The standard InChI is InChI=1S/C19H18FN/c1-12-7-10-17(20)16(11-12)19(21)18-13(2)8-9-14-5-3-4-6-15(14)18/h3-11,19H,21H2,1-2H3. The van der Waals surface area contributed by atoms with Crippen molar-refractivity contribution < 1.29 is 4.39 Å². The number of aryl methyl sites for hydroxylation is 2. The lowest BCUT2D eigenvalue weighted by molar-refractivity contribution is 0.599. The monoisotopic (exact) mass is 279 g/mol. The molecule has 1 nitrogen and oxygen atoms in total. The molecule has 0 aliphatic carbocycles. The molecule has 0 aliphatic heterocycles. The van der Waals surface area contributed by atoms with Gasteiger partial charge in [-0.3, -0.25) is 0 Å². The summed E-state index contributed by atoms with van der Waals surface area (Å²) in [5.74, 6) is -0.250. The SMILES string of the molecule is Cc1ccc(F)c(C(N)c2c(C)ccc3ccccc23)c1. The van der Waals surface area contributed by atoms with Gasteiger partial charge in [0.25, 0.3) is 0 Å². The molecule has 21 heavy (non-hydrogen) atoms. The van der Waals surface area contributed by atoms with Crippen LogP contribution in [0.3, 0.4) is 0 Å². The minimum Gasteiger partial charge on any atom is -0.320 e. The van der Waals surface area contributed by atoms with Gasteiger partial charge < -0.3 is 5.73 Å². The predicted octanol–water partition coefficient (Wildman–Crippen LogP) is 4.64. The summed E-state index contributed by atoms with van der Waals surface area (Å²) in [5, 5.41) is 2.22. The van der Waals surface area contributed by atoms with Crippen LogP contribution in [0.4, 0.5) is 4.39 Å². The van der Waals surface area contributed by atoms with Crippen molar-refractivity contribution in [2.24, 2.45) is 5.73 Å². The van der Waals surface area contributed by atoms with Crippen LogP contribution in [0.25, 0.3) is 10.8 Å². The van der Waals surface area contributed by atoms with Crippen LogP contribution in [0.15, 0.2) is 54.6 Å². The third-order valence-electron chi connectivity index (χ3n) is 3.99. The largest absolute Gasteiger partial charge is 0.320 e. The highest BCUT2D eigenvalue weighted by Crippen LogP contribution is 2.31. The zero-order valence-electron chi connectivity index (χ0n) is 12.2. The van der Waals surface area contributed by atoms with E-state index >= 15 is 0 Å². The first-order valence-electron chi connectivity index (χ1n) is 7.08. The third kappa shape index (κ3) is 2.43. The van der Waals surface area contributed by atoms with Crippen molar-refractivity contribution in [2.45, 2.75) is 19.9 Å². The number of rotatable bonds is 2. The topological polar surface area (TPSA) is 26.0 Å². The lowest BCUT2D eigenvalue weighted by Gasteiger charge is -2.19. The molecule has 2 heteroatoms. The second kappa shape index (κ2) is 5.30. The maximum absolute atomic E-state index is 14.2. The molecule has 2 N–H and O–H groups in total. The molecule has 106 valence electrons. The first-order chi connectivity index (χ1) is 10.1. The molecule has 0 bridgehead atoms. The third-order valence-corrected chi connectivity index (χ3v) is 3.99. The Morgan fingerprint density at radius 3 is 2.52 bits per heavy atom. The first kappa shape index (κ1) is 13.8. The lowest BCUT2D eigenvalue weighted by atomic mass is 9.90. The Morgan fingerprint density at radius 2 is 1.71 bits per heavy atom. The number of fused-ring (bicyclic) bond motifs is 1. The normalized spacial score (nSPS) is 12.6. The Balaban J connectivity index is 2.24. The molecule has 0 saturated heterocycles. The van der Waals surface area contributed by atoms with E-state index in [1.54, 1.807) is 6.07 Å². The van der Waals surface area contributed by atoms with Crippen LogP contribution in [0.2, 0.25) is 0 Å². The number of hydrogen-bond acceptors (Lipinski definition) is 1. The van der Waals surface area contributed by atoms with Crippen LogP contribution in [0.1, 0.15) is 28.3 Å². The van der Waals surface area contributed by atoms with E-state index < -0.39 is 6.04 Å². The highest BCUT2D eigenvalue weighted by atomic mass is 19.1. The van der Waals surface area contributed by atoms with Crippen molar-refractivity contribution >= 4 is 10.8 Å². The number of hydrogen-bond donors (Lipinski definition) is 1. The molecule has 1 unspecified atom stereocenters. The molecular formula is C19H18FN. The van der Waals surface area contributed by atoms with E-state index in [9.17, 15) is 4.39 Å². The van der Waals surface area contributed by atoms with Gasteiger partial charge in [-0.2, -0.15) is 0 Å². The fourth-order valence-electron chi connectivity index (χ4n) is 2.87. The van der Waals surface area contributed by atoms with E-state index in [1.807, 2.05) is 44.2 Å².